The van der Waals surface area contributed by atoms with Crippen molar-refractivity contribution in [1.29, 1.82) is 5.41 Å². The predicted molar refractivity (Wildman–Crippen MR) is 127 cm³/mol. The summed E-state index contributed by atoms with van der Waals surface area (Å²) in [5.74, 6) is -0.404. The highest BCUT2D eigenvalue weighted by atomic mass is 16.6. The molecule has 0 fully saturated rings. The zero-order valence-corrected chi connectivity index (χ0v) is 19.5. The fourth-order valence-corrected chi connectivity index (χ4v) is 4.70. The largest absolute Gasteiger partial charge is 0.477 e. The van der Waals surface area contributed by atoms with Gasteiger partial charge in [-0.3, -0.25) is 10.2 Å². The summed E-state index contributed by atoms with van der Waals surface area (Å²) in [6.07, 6.45) is 1.02. The normalized spacial score (nSPS) is 19.2. The van der Waals surface area contributed by atoms with E-state index in [0.29, 0.717) is 35.0 Å². The second-order valence-corrected chi connectivity index (χ2v) is 9.09. The standard InChI is InChI=1S/C26H27N3O5/c1-4-14(3)12-33-23(27)21-15-8-6-7-9-19(15)28-22-16(21)11-29-20(22)10-18-17(24(29)30)13-34-25(31)26(18,32)5-2/h6-10,14,27,32H,4-5,11-13H2,1-3H3. The van der Waals surface area contributed by atoms with Crippen molar-refractivity contribution < 1.29 is 19.4 Å². The lowest BCUT2D eigenvalue weighted by Gasteiger charge is -2.31. The number of aliphatic hydroxyl groups is 1. The van der Waals surface area contributed by atoms with Gasteiger partial charge < -0.3 is 19.1 Å². The lowest BCUT2D eigenvalue weighted by atomic mass is 9.86. The number of fused-ring (bicyclic) bond motifs is 5. The number of ether oxygens (including phenoxy) is 2. The van der Waals surface area contributed by atoms with Crippen molar-refractivity contribution in [1.82, 2.24) is 9.55 Å². The maximum absolute atomic E-state index is 13.5. The molecule has 2 unspecified atom stereocenters. The Hall–Kier alpha value is -3.52. The summed E-state index contributed by atoms with van der Waals surface area (Å²) in [7, 11) is 0. The molecule has 2 N–H and O–H groups in total. The first-order chi connectivity index (χ1) is 16.3. The molecule has 0 saturated heterocycles. The van der Waals surface area contributed by atoms with Crippen molar-refractivity contribution >= 4 is 22.8 Å². The Labute approximate surface area is 196 Å². The molecule has 8 heteroatoms. The lowest BCUT2D eigenvalue weighted by Crippen LogP contribution is -2.44. The molecule has 0 bridgehead atoms. The van der Waals surface area contributed by atoms with Crippen LogP contribution < -0.4 is 5.56 Å². The smallest absolute Gasteiger partial charge is 0.343 e. The van der Waals surface area contributed by atoms with Crippen molar-refractivity contribution in [3.63, 3.8) is 0 Å². The zero-order valence-electron chi connectivity index (χ0n) is 19.5. The highest BCUT2D eigenvalue weighted by molar-refractivity contribution is 6.08. The fourth-order valence-electron chi connectivity index (χ4n) is 4.70. The van der Waals surface area contributed by atoms with Crippen molar-refractivity contribution in [2.45, 2.75) is 52.4 Å². The number of carbonyl (C=O) groups excluding carboxylic acids is 1. The third-order valence-electron chi connectivity index (χ3n) is 7.03. The van der Waals surface area contributed by atoms with Crippen molar-refractivity contribution in [2.75, 3.05) is 6.61 Å². The van der Waals surface area contributed by atoms with E-state index in [1.165, 1.54) is 0 Å². The minimum atomic E-state index is -1.88. The monoisotopic (exact) mass is 461 g/mol. The van der Waals surface area contributed by atoms with Crippen LogP contribution in [0.25, 0.3) is 22.3 Å². The predicted octanol–water partition coefficient (Wildman–Crippen LogP) is 3.47. The van der Waals surface area contributed by atoms with Crippen LogP contribution in [0.15, 0.2) is 35.1 Å². The van der Waals surface area contributed by atoms with Crippen LogP contribution in [0.2, 0.25) is 0 Å². The van der Waals surface area contributed by atoms with Gasteiger partial charge in [0, 0.05) is 16.5 Å². The molecular formula is C26H27N3O5. The summed E-state index contributed by atoms with van der Waals surface area (Å²) in [5.41, 5.74) is 1.43. The summed E-state index contributed by atoms with van der Waals surface area (Å²) in [6.45, 7) is 6.29. The number of cyclic esters (lactones) is 1. The van der Waals surface area contributed by atoms with Gasteiger partial charge >= 0.3 is 5.97 Å². The minimum absolute atomic E-state index is 0.0457. The van der Waals surface area contributed by atoms with Gasteiger partial charge in [-0.25, -0.2) is 9.78 Å². The van der Waals surface area contributed by atoms with Crippen LogP contribution in [0.4, 0.5) is 0 Å². The number of benzene rings is 1. The third kappa shape index (κ3) is 3.16. The molecule has 0 spiro atoms. The Bertz CT molecular complexity index is 1410. The molecule has 0 amide bonds. The molecule has 2 atom stereocenters. The third-order valence-corrected chi connectivity index (χ3v) is 7.03. The molecule has 2 aromatic heterocycles. The summed E-state index contributed by atoms with van der Waals surface area (Å²) in [6, 6.07) is 9.20. The Kier molecular flexibility index (Phi) is 5.28. The van der Waals surface area contributed by atoms with E-state index in [0.717, 1.165) is 17.4 Å². The molecule has 2 aliphatic heterocycles. The van der Waals surface area contributed by atoms with Gasteiger partial charge in [0.05, 0.1) is 41.2 Å². The number of carbonyl (C=O) groups is 1. The summed E-state index contributed by atoms with van der Waals surface area (Å²) in [5, 5.41) is 20.6. The molecule has 2 aliphatic rings. The Balaban J connectivity index is 1.73. The van der Waals surface area contributed by atoms with Gasteiger partial charge in [-0.15, -0.1) is 0 Å². The SMILES string of the molecule is CCC(C)COC(=N)c1c2c(nc3ccccc13)-c1cc3c(c(=O)n1C2)COC(=O)C3(O)CC. The average molecular weight is 462 g/mol. The first-order valence-corrected chi connectivity index (χ1v) is 11.6. The molecule has 3 aromatic rings. The molecule has 4 heterocycles. The molecule has 0 aliphatic carbocycles. The molecule has 5 rings (SSSR count). The van der Waals surface area contributed by atoms with E-state index in [1.54, 1.807) is 17.6 Å². The number of rotatable bonds is 5. The number of hydrogen-bond acceptors (Lipinski definition) is 7. The van der Waals surface area contributed by atoms with Crippen molar-refractivity contribution in [3.8, 4) is 11.4 Å². The highest BCUT2D eigenvalue weighted by Crippen LogP contribution is 2.40. The topological polar surface area (TPSA) is 115 Å². The van der Waals surface area contributed by atoms with E-state index in [9.17, 15) is 14.7 Å². The molecule has 176 valence electrons. The molecule has 34 heavy (non-hydrogen) atoms. The van der Waals surface area contributed by atoms with Gasteiger partial charge in [-0.2, -0.15) is 0 Å². The fraction of sp³-hybridized carbons (Fsp3) is 0.385. The quantitative estimate of drug-likeness (QED) is 0.267. The summed E-state index contributed by atoms with van der Waals surface area (Å²) in [4.78, 5) is 30.7. The zero-order chi connectivity index (χ0) is 24.2. The number of hydrogen-bond donors (Lipinski definition) is 2. The highest BCUT2D eigenvalue weighted by Gasteiger charge is 2.45. The molecule has 0 radical (unpaired) electrons. The maximum atomic E-state index is 13.5. The van der Waals surface area contributed by atoms with E-state index in [1.807, 2.05) is 24.3 Å². The number of nitrogens with one attached hydrogen (secondary N) is 1. The molecular weight excluding hydrogens is 434 g/mol. The van der Waals surface area contributed by atoms with Gasteiger partial charge in [0.1, 0.15) is 6.61 Å². The number of para-hydroxylation sites is 1. The summed E-state index contributed by atoms with van der Waals surface area (Å²) < 4.78 is 12.6. The van der Waals surface area contributed by atoms with Gasteiger partial charge in [0.15, 0.2) is 5.60 Å². The van der Waals surface area contributed by atoms with Crippen LogP contribution >= 0.6 is 0 Å². The van der Waals surface area contributed by atoms with E-state index >= 15 is 0 Å². The van der Waals surface area contributed by atoms with E-state index in [2.05, 4.69) is 13.8 Å². The average Bonchev–Trinajstić information content (AvgIpc) is 3.21. The first-order valence-electron chi connectivity index (χ1n) is 11.6. The minimum Gasteiger partial charge on any atom is -0.477 e. The van der Waals surface area contributed by atoms with Crippen LogP contribution in [-0.4, -0.2) is 33.1 Å². The molecule has 8 nitrogen and oxygen atoms in total. The van der Waals surface area contributed by atoms with Gasteiger partial charge in [0.25, 0.3) is 5.56 Å². The van der Waals surface area contributed by atoms with Gasteiger partial charge in [-0.1, -0.05) is 45.4 Å². The molecule has 0 saturated carbocycles. The Morgan fingerprint density at radius 3 is 2.79 bits per heavy atom. The second-order valence-electron chi connectivity index (χ2n) is 9.09. The Morgan fingerprint density at radius 1 is 1.29 bits per heavy atom. The number of aromatic nitrogens is 2. The van der Waals surface area contributed by atoms with Crippen LogP contribution in [0, 0.1) is 11.3 Å². The molecule has 1 aromatic carbocycles. The van der Waals surface area contributed by atoms with Gasteiger partial charge in [0.2, 0.25) is 5.90 Å². The maximum Gasteiger partial charge on any atom is 0.343 e. The number of nitrogens with zero attached hydrogens (tertiary/aromatic N) is 2. The van der Waals surface area contributed by atoms with Crippen LogP contribution in [0.1, 0.15) is 55.9 Å². The first kappa shape index (κ1) is 22.3. The number of pyridine rings is 2. The van der Waals surface area contributed by atoms with Crippen LogP contribution in [-0.2, 0) is 33.0 Å². The van der Waals surface area contributed by atoms with Crippen LogP contribution in [0.5, 0.6) is 0 Å². The number of esters is 1. The van der Waals surface area contributed by atoms with Crippen molar-refractivity contribution in [3.05, 3.63) is 62.9 Å². The van der Waals surface area contributed by atoms with E-state index in [-0.39, 0.29) is 42.2 Å². The van der Waals surface area contributed by atoms with Gasteiger partial charge in [-0.05, 0) is 24.5 Å². The van der Waals surface area contributed by atoms with Crippen molar-refractivity contribution in [2.24, 2.45) is 5.92 Å². The second kappa shape index (κ2) is 8.06. The van der Waals surface area contributed by atoms with E-state index in [4.69, 9.17) is 19.9 Å². The summed E-state index contributed by atoms with van der Waals surface area (Å²) >= 11 is 0. The van der Waals surface area contributed by atoms with Crippen LogP contribution in [0.3, 0.4) is 0 Å². The van der Waals surface area contributed by atoms with E-state index < -0.39 is 11.6 Å². The Morgan fingerprint density at radius 2 is 2.06 bits per heavy atom. The lowest BCUT2D eigenvalue weighted by molar-refractivity contribution is -0.172.